The number of hydrogen-bond donors (Lipinski definition) is 1. The third-order valence-electron chi connectivity index (χ3n) is 4.68. The normalized spacial score (nSPS) is 15.2. The molecule has 132 valence electrons. The van der Waals surface area contributed by atoms with Crippen LogP contribution in [0.25, 0.3) is 0 Å². The fraction of sp³-hybridized carbons (Fsp3) is 0.444. The van der Waals surface area contributed by atoms with Crippen molar-refractivity contribution in [1.29, 1.82) is 0 Å². The minimum absolute atomic E-state index is 0.236. The minimum atomic E-state index is -0.695. The standard InChI is InChI=1S/C18H23N5O2/c1-22(9-4-14-2-7-19-8-3-14)16-12-17(21-13-20-16)23-10-5-15(6-11-23)18(24)25/h2-3,7-8,12-13,15H,4-6,9-11H2,1H3,(H,24,25). The van der Waals surface area contributed by atoms with Gasteiger partial charge in [0.1, 0.15) is 18.0 Å². The summed E-state index contributed by atoms with van der Waals surface area (Å²) in [7, 11) is 2.02. The maximum absolute atomic E-state index is 11.1. The fourth-order valence-electron chi connectivity index (χ4n) is 3.04. The number of piperidine rings is 1. The molecule has 3 heterocycles. The van der Waals surface area contributed by atoms with Crippen LogP contribution in [0.1, 0.15) is 18.4 Å². The van der Waals surface area contributed by atoms with E-state index in [0.717, 1.165) is 24.6 Å². The van der Waals surface area contributed by atoms with E-state index >= 15 is 0 Å². The van der Waals surface area contributed by atoms with Crippen LogP contribution < -0.4 is 9.80 Å². The molecule has 0 aromatic carbocycles. The van der Waals surface area contributed by atoms with Crippen molar-refractivity contribution in [3.63, 3.8) is 0 Å². The summed E-state index contributed by atoms with van der Waals surface area (Å²) in [4.78, 5) is 28.1. The highest BCUT2D eigenvalue weighted by Crippen LogP contribution is 2.23. The summed E-state index contributed by atoms with van der Waals surface area (Å²) in [6.45, 7) is 2.28. The van der Waals surface area contributed by atoms with Gasteiger partial charge < -0.3 is 14.9 Å². The van der Waals surface area contributed by atoms with Crippen molar-refractivity contribution in [2.24, 2.45) is 5.92 Å². The summed E-state index contributed by atoms with van der Waals surface area (Å²) in [5.74, 6) is 0.809. The molecule has 0 amide bonds. The van der Waals surface area contributed by atoms with Crippen LogP contribution in [0.5, 0.6) is 0 Å². The number of aliphatic carboxylic acids is 1. The van der Waals surface area contributed by atoms with Crippen LogP contribution in [0, 0.1) is 5.92 Å². The van der Waals surface area contributed by atoms with Crippen molar-refractivity contribution in [2.45, 2.75) is 19.3 Å². The summed E-state index contributed by atoms with van der Waals surface area (Å²) in [6.07, 6.45) is 7.43. The predicted molar refractivity (Wildman–Crippen MR) is 95.8 cm³/mol. The predicted octanol–water partition coefficient (Wildman–Crippen LogP) is 1.85. The minimum Gasteiger partial charge on any atom is -0.481 e. The van der Waals surface area contributed by atoms with Crippen LogP contribution in [0.3, 0.4) is 0 Å². The molecule has 0 aliphatic carbocycles. The van der Waals surface area contributed by atoms with Gasteiger partial charge in [0, 0.05) is 45.1 Å². The molecule has 25 heavy (non-hydrogen) atoms. The molecular formula is C18H23N5O2. The van der Waals surface area contributed by atoms with Gasteiger partial charge in [0.15, 0.2) is 0 Å². The zero-order valence-corrected chi connectivity index (χ0v) is 14.4. The molecule has 0 radical (unpaired) electrons. The molecule has 0 bridgehead atoms. The van der Waals surface area contributed by atoms with E-state index < -0.39 is 5.97 Å². The number of likely N-dealkylation sites (N-methyl/N-ethyl adjacent to an activating group) is 1. The van der Waals surface area contributed by atoms with Crippen molar-refractivity contribution in [1.82, 2.24) is 15.0 Å². The van der Waals surface area contributed by atoms with Gasteiger partial charge in [-0.1, -0.05) is 0 Å². The molecule has 7 nitrogen and oxygen atoms in total. The van der Waals surface area contributed by atoms with Crippen LogP contribution in [0.15, 0.2) is 36.9 Å². The van der Waals surface area contributed by atoms with E-state index in [4.69, 9.17) is 5.11 Å². The van der Waals surface area contributed by atoms with Gasteiger partial charge in [0.2, 0.25) is 0 Å². The Kier molecular flexibility index (Phi) is 5.42. The van der Waals surface area contributed by atoms with E-state index in [2.05, 4.69) is 24.8 Å². The molecule has 1 fully saturated rings. The molecule has 0 atom stereocenters. The molecular weight excluding hydrogens is 318 g/mol. The first-order chi connectivity index (χ1) is 12.1. The van der Waals surface area contributed by atoms with Gasteiger partial charge in [0.05, 0.1) is 5.92 Å². The second kappa shape index (κ2) is 7.92. The highest BCUT2D eigenvalue weighted by Gasteiger charge is 2.25. The van der Waals surface area contributed by atoms with Crippen molar-refractivity contribution < 1.29 is 9.90 Å². The quantitative estimate of drug-likeness (QED) is 0.858. The molecule has 1 aliphatic rings. The van der Waals surface area contributed by atoms with E-state index in [-0.39, 0.29) is 5.92 Å². The van der Waals surface area contributed by atoms with Gasteiger partial charge in [-0.25, -0.2) is 9.97 Å². The Hall–Kier alpha value is -2.70. The SMILES string of the molecule is CN(CCc1ccncc1)c1cc(N2CCC(C(=O)O)CC2)ncn1. The first kappa shape index (κ1) is 17.1. The molecule has 3 rings (SSSR count). The van der Waals surface area contributed by atoms with E-state index in [1.807, 2.05) is 25.2 Å². The number of hydrogen-bond acceptors (Lipinski definition) is 6. The van der Waals surface area contributed by atoms with E-state index in [0.29, 0.717) is 25.9 Å². The number of pyridine rings is 1. The molecule has 2 aromatic heterocycles. The number of nitrogens with zero attached hydrogens (tertiary/aromatic N) is 5. The first-order valence-corrected chi connectivity index (χ1v) is 8.53. The summed E-state index contributed by atoms with van der Waals surface area (Å²) in [5, 5.41) is 9.11. The van der Waals surface area contributed by atoms with Crippen molar-refractivity contribution in [2.75, 3.05) is 36.5 Å². The van der Waals surface area contributed by atoms with Crippen LogP contribution in [-0.2, 0) is 11.2 Å². The smallest absolute Gasteiger partial charge is 0.306 e. The number of rotatable bonds is 6. The number of carboxylic acid groups (broad SMARTS) is 1. The summed E-state index contributed by atoms with van der Waals surface area (Å²) in [6, 6.07) is 6.02. The van der Waals surface area contributed by atoms with E-state index in [1.54, 1.807) is 18.7 Å². The Balaban J connectivity index is 1.60. The second-order valence-electron chi connectivity index (χ2n) is 6.36. The maximum Gasteiger partial charge on any atom is 0.306 e. The average molecular weight is 341 g/mol. The Bertz CT molecular complexity index is 702. The lowest BCUT2D eigenvalue weighted by Crippen LogP contribution is -2.37. The number of anilines is 2. The number of aromatic nitrogens is 3. The van der Waals surface area contributed by atoms with Gasteiger partial charge in [-0.15, -0.1) is 0 Å². The van der Waals surface area contributed by atoms with Crippen LogP contribution in [0.2, 0.25) is 0 Å². The second-order valence-corrected chi connectivity index (χ2v) is 6.36. The van der Waals surface area contributed by atoms with Gasteiger partial charge >= 0.3 is 5.97 Å². The topological polar surface area (TPSA) is 82.5 Å². The largest absolute Gasteiger partial charge is 0.481 e. The number of carboxylic acids is 1. The lowest BCUT2D eigenvalue weighted by atomic mass is 9.97. The highest BCUT2D eigenvalue weighted by molar-refractivity contribution is 5.70. The van der Waals surface area contributed by atoms with Gasteiger partial charge in [-0.2, -0.15) is 0 Å². The Morgan fingerprint density at radius 3 is 2.68 bits per heavy atom. The summed E-state index contributed by atoms with van der Waals surface area (Å²) >= 11 is 0. The van der Waals surface area contributed by atoms with Gasteiger partial charge in [0.25, 0.3) is 0 Å². The average Bonchev–Trinajstić information content (AvgIpc) is 2.67. The Labute approximate surface area is 147 Å². The highest BCUT2D eigenvalue weighted by atomic mass is 16.4. The first-order valence-electron chi connectivity index (χ1n) is 8.53. The van der Waals surface area contributed by atoms with Crippen LogP contribution >= 0.6 is 0 Å². The third-order valence-corrected chi connectivity index (χ3v) is 4.68. The molecule has 1 N–H and O–H groups in total. The molecule has 0 saturated carbocycles. The molecule has 0 spiro atoms. The van der Waals surface area contributed by atoms with Crippen molar-refractivity contribution in [3.05, 3.63) is 42.5 Å². The lowest BCUT2D eigenvalue weighted by Gasteiger charge is -2.31. The zero-order valence-electron chi connectivity index (χ0n) is 14.4. The number of carbonyl (C=O) groups is 1. The Morgan fingerprint density at radius 2 is 2.00 bits per heavy atom. The van der Waals surface area contributed by atoms with E-state index in [9.17, 15) is 4.79 Å². The zero-order chi connectivity index (χ0) is 17.6. The van der Waals surface area contributed by atoms with Crippen LogP contribution in [0.4, 0.5) is 11.6 Å². The lowest BCUT2D eigenvalue weighted by molar-refractivity contribution is -0.142. The summed E-state index contributed by atoms with van der Waals surface area (Å²) < 4.78 is 0. The molecule has 0 unspecified atom stereocenters. The third kappa shape index (κ3) is 4.43. The van der Waals surface area contributed by atoms with Gasteiger partial charge in [-0.3, -0.25) is 9.78 Å². The van der Waals surface area contributed by atoms with Crippen molar-refractivity contribution in [3.8, 4) is 0 Å². The van der Waals surface area contributed by atoms with Crippen LogP contribution in [-0.4, -0.2) is 52.7 Å². The molecule has 1 saturated heterocycles. The maximum atomic E-state index is 11.1. The fourth-order valence-corrected chi connectivity index (χ4v) is 3.04. The molecule has 1 aliphatic heterocycles. The summed E-state index contributed by atoms with van der Waals surface area (Å²) in [5.41, 5.74) is 1.24. The van der Waals surface area contributed by atoms with E-state index in [1.165, 1.54) is 5.56 Å². The molecule has 2 aromatic rings. The van der Waals surface area contributed by atoms with Crippen molar-refractivity contribution >= 4 is 17.6 Å². The monoisotopic (exact) mass is 341 g/mol. The van der Waals surface area contributed by atoms with Gasteiger partial charge in [-0.05, 0) is 37.0 Å². The Morgan fingerprint density at radius 1 is 1.28 bits per heavy atom. The molecule has 7 heteroatoms.